The second-order valence-electron chi connectivity index (χ2n) is 7.31. The lowest BCUT2D eigenvalue weighted by molar-refractivity contribution is 0.0718. The fraction of sp³-hybridized carbons (Fsp3) is 0.321. The normalized spacial score (nSPS) is 14.9. The quantitative estimate of drug-likeness (QED) is 0.302. The Bertz CT molecular complexity index is 1090. The van der Waals surface area contributed by atoms with Gasteiger partial charge in [-0.2, -0.15) is 0 Å². The van der Waals surface area contributed by atoms with Gasteiger partial charge in [0.25, 0.3) is 5.91 Å². The third kappa shape index (κ3) is 7.33. The molecule has 0 aliphatic carbocycles. The summed E-state index contributed by atoms with van der Waals surface area (Å²) in [5.74, 6) is 0.0470. The summed E-state index contributed by atoms with van der Waals surface area (Å²) >= 11 is 20.4. The van der Waals surface area contributed by atoms with Gasteiger partial charge in [-0.1, -0.05) is 86.8 Å². The van der Waals surface area contributed by atoms with Gasteiger partial charge in [0.1, 0.15) is 0 Å². The van der Waals surface area contributed by atoms with Crippen LogP contribution in [0, 0.1) is 0 Å². The Labute approximate surface area is 229 Å². The minimum absolute atomic E-state index is 0.0470. The SMILES string of the molecule is CC.CC.CSc1ccccc1C(=O)N1CCN(c2ccc(Cl)cc2Cl)C(c2ccc(Cl)cc2)C1. The highest BCUT2D eigenvalue weighted by atomic mass is 35.5. The van der Waals surface area contributed by atoms with Crippen LogP contribution in [0.15, 0.2) is 71.6 Å². The van der Waals surface area contributed by atoms with Gasteiger partial charge in [-0.25, -0.2) is 0 Å². The summed E-state index contributed by atoms with van der Waals surface area (Å²) in [7, 11) is 0. The zero-order valence-electron chi connectivity index (χ0n) is 20.9. The van der Waals surface area contributed by atoms with Crippen LogP contribution in [0.3, 0.4) is 0 Å². The zero-order valence-corrected chi connectivity index (χ0v) is 24.0. The maximum Gasteiger partial charge on any atom is 0.255 e. The van der Waals surface area contributed by atoms with Gasteiger partial charge in [0.2, 0.25) is 0 Å². The van der Waals surface area contributed by atoms with Crippen molar-refractivity contribution in [2.45, 2.75) is 38.6 Å². The minimum atomic E-state index is -0.0601. The molecule has 1 fully saturated rings. The Balaban J connectivity index is 0.00000103. The number of carbonyl (C=O) groups is 1. The molecule has 1 aliphatic rings. The van der Waals surface area contributed by atoms with Gasteiger partial charge in [-0.05, 0) is 54.3 Å². The Morgan fingerprint density at radius 3 is 2.11 bits per heavy atom. The number of carbonyl (C=O) groups excluding carboxylic acids is 1. The first kappa shape index (κ1) is 29.4. The molecule has 1 heterocycles. The molecule has 1 unspecified atom stereocenters. The molecule has 3 aromatic carbocycles. The number of nitrogens with zero attached hydrogens (tertiary/aromatic N) is 2. The molecular formula is C28H33Cl3N2OS. The lowest BCUT2D eigenvalue weighted by Crippen LogP contribution is -2.50. The number of rotatable bonds is 4. The van der Waals surface area contributed by atoms with E-state index < -0.39 is 0 Å². The predicted octanol–water partition coefficient (Wildman–Crippen LogP) is 9.12. The molecule has 7 heteroatoms. The molecule has 4 rings (SSSR count). The van der Waals surface area contributed by atoms with Crippen LogP contribution in [0.2, 0.25) is 15.1 Å². The monoisotopic (exact) mass is 550 g/mol. The van der Waals surface area contributed by atoms with Gasteiger partial charge < -0.3 is 9.80 Å². The lowest BCUT2D eigenvalue weighted by atomic mass is 10.0. The summed E-state index contributed by atoms with van der Waals surface area (Å²) in [6.45, 7) is 9.80. The number of anilines is 1. The van der Waals surface area contributed by atoms with E-state index in [0.717, 1.165) is 21.7 Å². The number of piperazine rings is 1. The van der Waals surface area contributed by atoms with Crippen LogP contribution >= 0.6 is 46.6 Å². The second-order valence-corrected chi connectivity index (χ2v) is 9.44. The van der Waals surface area contributed by atoms with E-state index in [1.807, 2.05) is 99.5 Å². The average molecular weight is 552 g/mol. The van der Waals surface area contributed by atoms with Crippen LogP contribution < -0.4 is 4.90 Å². The van der Waals surface area contributed by atoms with Crippen molar-refractivity contribution in [1.82, 2.24) is 4.90 Å². The van der Waals surface area contributed by atoms with Gasteiger partial charge in [-0.15, -0.1) is 11.8 Å². The zero-order chi connectivity index (χ0) is 26.0. The highest BCUT2D eigenvalue weighted by molar-refractivity contribution is 7.98. The topological polar surface area (TPSA) is 23.6 Å². The summed E-state index contributed by atoms with van der Waals surface area (Å²) in [6.07, 6.45) is 1.99. The van der Waals surface area contributed by atoms with Gasteiger partial charge in [0, 0.05) is 34.6 Å². The molecule has 35 heavy (non-hydrogen) atoms. The fourth-order valence-electron chi connectivity index (χ4n) is 3.93. The molecule has 0 aromatic heterocycles. The third-order valence-electron chi connectivity index (χ3n) is 5.48. The van der Waals surface area contributed by atoms with Crippen molar-refractivity contribution >= 4 is 58.2 Å². The first-order valence-corrected chi connectivity index (χ1v) is 14.2. The number of amides is 1. The highest BCUT2D eigenvalue weighted by Gasteiger charge is 2.32. The van der Waals surface area contributed by atoms with E-state index in [-0.39, 0.29) is 11.9 Å². The van der Waals surface area contributed by atoms with Crippen molar-refractivity contribution in [2.24, 2.45) is 0 Å². The maximum absolute atomic E-state index is 13.4. The van der Waals surface area contributed by atoms with Crippen LogP contribution in [-0.4, -0.2) is 36.7 Å². The third-order valence-corrected chi connectivity index (χ3v) is 7.06. The minimum Gasteiger partial charge on any atom is -0.360 e. The summed E-state index contributed by atoms with van der Waals surface area (Å²) in [6, 6.07) is 21.0. The van der Waals surface area contributed by atoms with Gasteiger partial charge in [-0.3, -0.25) is 4.79 Å². The van der Waals surface area contributed by atoms with Gasteiger partial charge >= 0.3 is 0 Å². The molecule has 0 radical (unpaired) electrons. The van der Waals surface area contributed by atoms with Crippen LogP contribution in [0.25, 0.3) is 0 Å². The van der Waals surface area contributed by atoms with Crippen LogP contribution in [-0.2, 0) is 0 Å². The number of benzene rings is 3. The molecule has 188 valence electrons. The van der Waals surface area contributed by atoms with E-state index in [2.05, 4.69) is 4.90 Å². The van der Waals surface area contributed by atoms with Crippen molar-refractivity contribution in [3.05, 3.63) is 92.9 Å². The Kier molecular flexibility index (Phi) is 12.3. The molecular weight excluding hydrogens is 519 g/mol. The second kappa shape index (κ2) is 14.6. The summed E-state index contributed by atoms with van der Waals surface area (Å²) in [5.41, 5.74) is 2.72. The Hall–Kier alpha value is -1.85. The van der Waals surface area contributed by atoms with Crippen molar-refractivity contribution in [3.8, 4) is 0 Å². The van der Waals surface area contributed by atoms with Crippen molar-refractivity contribution in [3.63, 3.8) is 0 Å². The van der Waals surface area contributed by atoms with E-state index in [9.17, 15) is 4.79 Å². The standard InChI is InChI=1S/C24H21Cl3N2OS.2C2H6/c1-31-23-5-3-2-4-19(23)24(30)28-12-13-29(21-11-10-18(26)14-20(21)27)22(15-28)16-6-8-17(25)9-7-16;2*1-2/h2-11,14,22H,12-13,15H2,1H3;2*1-2H3. The van der Waals surface area contributed by atoms with E-state index >= 15 is 0 Å². The lowest BCUT2D eigenvalue weighted by Gasteiger charge is -2.43. The van der Waals surface area contributed by atoms with Gasteiger partial charge in [0.05, 0.1) is 22.3 Å². The van der Waals surface area contributed by atoms with Crippen LogP contribution in [0.4, 0.5) is 5.69 Å². The van der Waals surface area contributed by atoms with Crippen molar-refractivity contribution in [2.75, 3.05) is 30.8 Å². The van der Waals surface area contributed by atoms with E-state index in [1.165, 1.54) is 0 Å². The van der Waals surface area contributed by atoms with Crippen molar-refractivity contribution < 1.29 is 4.79 Å². The summed E-state index contributed by atoms with van der Waals surface area (Å²) in [4.78, 5) is 18.5. The largest absolute Gasteiger partial charge is 0.360 e. The van der Waals surface area contributed by atoms with Crippen LogP contribution in [0.1, 0.15) is 49.7 Å². The number of hydrogen-bond donors (Lipinski definition) is 0. The molecule has 1 amide bonds. The molecule has 0 bridgehead atoms. The number of hydrogen-bond acceptors (Lipinski definition) is 3. The van der Waals surface area contributed by atoms with Crippen LogP contribution in [0.5, 0.6) is 0 Å². The molecule has 1 atom stereocenters. The molecule has 3 aromatic rings. The molecule has 0 spiro atoms. The van der Waals surface area contributed by atoms with Gasteiger partial charge in [0.15, 0.2) is 0 Å². The van der Waals surface area contributed by atoms with E-state index in [1.54, 1.807) is 17.8 Å². The molecule has 1 aliphatic heterocycles. The number of halogens is 3. The first-order valence-electron chi connectivity index (χ1n) is 11.9. The van der Waals surface area contributed by atoms with E-state index in [0.29, 0.717) is 34.7 Å². The molecule has 0 N–H and O–H groups in total. The molecule has 0 saturated carbocycles. The van der Waals surface area contributed by atoms with E-state index in [4.69, 9.17) is 34.8 Å². The van der Waals surface area contributed by atoms with Crippen molar-refractivity contribution in [1.29, 1.82) is 0 Å². The summed E-state index contributed by atoms with van der Waals surface area (Å²) in [5, 5.41) is 1.87. The Morgan fingerprint density at radius 1 is 0.857 bits per heavy atom. The highest BCUT2D eigenvalue weighted by Crippen LogP contribution is 2.37. The summed E-state index contributed by atoms with van der Waals surface area (Å²) < 4.78 is 0. The molecule has 1 saturated heterocycles. The smallest absolute Gasteiger partial charge is 0.255 e. The first-order chi connectivity index (χ1) is 17.0. The predicted molar refractivity (Wildman–Crippen MR) is 155 cm³/mol. The molecule has 3 nitrogen and oxygen atoms in total. The average Bonchev–Trinajstić information content (AvgIpc) is 2.91. The Morgan fingerprint density at radius 2 is 1.49 bits per heavy atom. The number of thioether (sulfide) groups is 1. The maximum atomic E-state index is 13.4. The fourth-order valence-corrected chi connectivity index (χ4v) is 5.16.